The first-order chi connectivity index (χ1) is 9.70. The summed E-state index contributed by atoms with van der Waals surface area (Å²) < 4.78 is 10.3. The summed E-state index contributed by atoms with van der Waals surface area (Å²) >= 11 is 0. The van der Waals surface area contributed by atoms with Crippen molar-refractivity contribution in [2.75, 3.05) is 11.9 Å². The molecule has 0 radical (unpaired) electrons. The molecule has 0 aliphatic heterocycles. The van der Waals surface area contributed by atoms with Gasteiger partial charge in [-0.1, -0.05) is 0 Å². The molecule has 1 unspecified atom stereocenters. The van der Waals surface area contributed by atoms with E-state index in [0.29, 0.717) is 24.4 Å². The maximum absolute atomic E-state index is 11.8. The Kier molecular flexibility index (Phi) is 4.76. The molecule has 1 N–H and O–H groups in total. The quantitative estimate of drug-likeness (QED) is 0.820. The van der Waals surface area contributed by atoms with Gasteiger partial charge in [-0.2, -0.15) is 0 Å². The second-order valence-electron chi connectivity index (χ2n) is 4.45. The van der Waals surface area contributed by atoms with Crippen LogP contribution in [0.2, 0.25) is 0 Å². The minimum absolute atomic E-state index is 0.0872. The third-order valence-electron chi connectivity index (χ3n) is 2.77. The van der Waals surface area contributed by atoms with Crippen molar-refractivity contribution >= 4 is 11.8 Å². The third-order valence-corrected chi connectivity index (χ3v) is 2.77. The predicted octanol–water partition coefficient (Wildman–Crippen LogP) is 2.89. The Morgan fingerprint density at radius 3 is 3.00 bits per heavy atom. The van der Waals surface area contributed by atoms with Gasteiger partial charge in [-0.3, -0.25) is 0 Å². The molecule has 1 atom stereocenters. The van der Waals surface area contributed by atoms with Gasteiger partial charge >= 0.3 is 5.97 Å². The van der Waals surface area contributed by atoms with Gasteiger partial charge in [-0.25, -0.2) is 9.78 Å². The van der Waals surface area contributed by atoms with Crippen molar-refractivity contribution in [3.8, 4) is 0 Å². The Labute approximate surface area is 118 Å². The molecule has 0 saturated heterocycles. The zero-order valence-electron chi connectivity index (χ0n) is 11.6. The highest BCUT2D eigenvalue weighted by atomic mass is 16.5. The normalized spacial score (nSPS) is 11.9. The van der Waals surface area contributed by atoms with Crippen LogP contribution in [-0.2, 0) is 11.2 Å². The van der Waals surface area contributed by atoms with Gasteiger partial charge in [0, 0.05) is 18.7 Å². The number of pyridine rings is 1. The lowest BCUT2D eigenvalue weighted by Crippen LogP contribution is -2.21. The molecule has 2 heterocycles. The van der Waals surface area contributed by atoms with Crippen LogP contribution in [0.1, 0.15) is 30.0 Å². The van der Waals surface area contributed by atoms with Crippen molar-refractivity contribution in [3.63, 3.8) is 0 Å². The smallest absolute Gasteiger partial charge is 0.341 e. The van der Waals surface area contributed by atoms with E-state index in [4.69, 9.17) is 9.15 Å². The van der Waals surface area contributed by atoms with Gasteiger partial charge in [0.2, 0.25) is 0 Å². The van der Waals surface area contributed by atoms with E-state index in [9.17, 15) is 4.79 Å². The van der Waals surface area contributed by atoms with Gasteiger partial charge in [0.15, 0.2) is 0 Å². The first-order valence-electron chi connectivity index (χ1n) is 6.61. The Bertz CT molecular complexity index is 552. The number of hydrogen-bond acceptors (Lipinski definition) is 5. The number of ether oxygens (including phenoxy) is 1. The topological polar surface area (TPSA) is 64.4 Å². The molecular weight excluding hydrogens is 256 g/mol. The number of esters is 1. The van der Waals surface area contributed by atoms with E-state index in [2.05, 4.69) is 10.3 Å². The van der Waals surface area contributed by atoms with Gasteiger partial charge in [-0.15, -0.1) is 0 Å². The molecule has 5 nitrogen and oxygen atoms in total. The molecule has 2 aromatic heterocycles. The molecular formula is C15H18N2O3. The summed E-state index contributed by atoms with van der Waals surface area (Å²) in [4.78, 5) is 16.1. The van der Waals surface area contributed by atoms with Gasteiger partial charge in [0.05, 0.1) is 12.9 Å². The lowest BCUT2D eigenvalue weighted by Gasteiger charge is -2.15. The summed E-state index contributed by atoms with van der Waals surface area (Å²) in [5.41, 5.74) is 0.445. The number of aromatic nitrogens is 1. The summed E-state index contributed by atoms with van der Waals surface area (Å²) in [6.07, 6.45) is 4.00. The van der Waals surface area contributed by atoms with Crippen LogP contribution in [0.5, 0.6) is 0 Å². The summed E-state index contributed by atoms with van der Waals surface area (Å²) in [5, 5.41) is 3.22. The molecule has 0 fully saturated rings. The summed E-state index contributed by atoms with van der Waals surface area (Å²) in [6.45, 7) is 4.13. The van der Waals surface area contributed by atoms with Gasteiger partial charge in [0.25, 0.3) is 0 Å². The monoisotopic (exact) mass is 274 g/mol. The molecule has 2 aromatic rings. The van der Waals surface area contributed by atoms with Crippen LogP contribution >= 0.6 is 0 Å². The minimum Gasteiger partial charge on any atom is -0.469 e. The van der Waals surface area contributed by atoms with Crippen molar-refractivity contribution in [1.82, 2.24) is 4.98 Å². The van der Waals surface area contributed by atoms with Crippen LogP contribution in [0.25, 0.3) is 0 Å². The molecule has 2 rings (SSSR count). The standard InChI is InChI=1S/C15H18N2O3/c1-3-19-15(18)13-7-4-8-16-14(13)17-11(2)10-12-6-5-9-20-12/h4-9,11H,3,10H2,1-2H3,(H,16,17). The van der Waals surface area contributed by atoms with Crippen LogP contribution in [0.3, 0.4) is 0 Å². The molecule has 0 aromatic carbocycles. The Balaban J connectivity index is 2.06. The van der Waals surface area contributed by atoms with Crippen LogP contribution in [-0.4, -0.2) is 23.6 Å². The number of rotatable bonds is 6. The van der Waals surface area contributed by atoms with Crippen molar-refractivity contribution in [2.45, 2.75) is 26.3 Å². The second kappa shape index (κ2) is 6.75. The van der Waals surface area contributed by atoms with E-state index in [1.54, 1.807) is 31.5 Å². The van der Waals surface area contributed by atoms with Gasteiger partial charge < -0.3 is 14.5 Å². The largest absolute Gasteiger partial charge is 0.469 e. The molecule has 20 heavy (non-hydrogen) atoms. The molecule has 0 aliphatic rings. The molecule has 0 amide bonds. The highest BCUT2D eigenvalue weighted by Gasteiger charge is 2.15. The number of furan rings is 1. The number of carbonyl (C=O) groups is 1. The zero-order valence-corrected chi connectivity index (χ0v) is 11.6. The Hall–Kier alpha value is -2.30. The zero-order chi connectivity index (χ0) is 14.4. The first kappa shape index (κ1) is 14.1. The number of carbonyl (C=O) groups excluding carboxylic acids is 1. The molecule has 5 heteroatoms. The average molecular weight is 274 g/mol. The van der Waals surface area contributed by atoms with E-state index in [-0.39, 0.29) is 12.0 Å². The molecule has 0 aliphatic carbocycles. The van der Waals surface area contributed by atoms with E-state index in [1.165, 1.54) is 0 Å². The van der Waals surface area contributed by atoms with Crippen molar-refractivity contribution in [1.29, 1.82) is 0 Å². The summed E-state index contributed by atoms with van der Waals surface area (Å²) in [7, 11) is 0. The second-order valence-corrected chi connectivity index (χ2v) is 4.45. The number of nitrogens with one attached hydrogen (secondary N) is 1. The van der Waals surface area contributed by atoms with Crippen LogP contribution in [0, 0.1) is 0 Å². The third kappa shape index (κ3) is 3.60. The predicted molar refractivity (Wildman–Crippen MR) is 75.7 cm³/mol. The van der Waals surface area contributed by atoms with E-state index in [1.807, 2.05) is 19.1 Å². The fourth-order valence-electron chi connectivity index (χ4n) is 1.91. The number of anilines is 1. The van der Waals surface area contributed by atoms with Crippen LogP contribution in [0.15, 0.2) is 41.1 Å². The fraction of sp³-hybridized carbons (Fsp3) is 0.333. The molecule has 0 spiro atoms. The van der Waals surface area contributed by atoms with E-state index in [0.717, 1.165) is 5.76 Å². The van der Waals surface area contributed by atoms with Crippen LogP contribution in [0.4, 0.5) is 5.82 Å². The lowest BCUT2D eigenvalue weighted by molar-refractivity contribution is 0.0527. The summed E-state index contributed by atoms with van der Waals surface area (Å²) in [6, 6.07) is 7.28. The molecule has 106 valence electrons. The lowest BCUT2D eigenvalue weighted by atomic mass is 10.2. The van der Waals surface area contributed by atoms with Gasteiger partial charge in [-0.05, 0) is 38.1 Å². The minimum atomic E-state index is -0.367. The molecule has 0 saturated carbocycles. The average Bonchev–Trinajstić information content (AvgIpc) is 2.92. The Morgan fingerprint density at radius 1 is 1.45 bits per heavy atom. The van der Waals surface area contributed by atoms with Crippen molar-refractivity contribution in [2.24, 2.45) is 0 Å². The van der Waals surface area contributed by atoms with Crippen LogP contribution < -0.4 is 5.32 Å². The maximum atomic E-state index is 11.8. The highest BCUT2D eigenvalue weighted by molar-refractivity contribution is 5.94. The van der Waals surface area contributed by atoms with Crippen molar-refractivity contribution in [3.05, 3.63) is 48.0 Å². The van der Waals surface area contributed by atoms with Gasteiger partial charge in [0.1, 0.15) is 17.1 Å². The molecule has 0 bridgehead atoms. The highest BCUT2D eigenvalue weighted by Crippen LogP contribution is 2.15. The fourth-order valence-corrected chi connectivity index (χ4v) is 1.91. The first-order valence-corrected chi connectivity index (χ1v) is 6.61. The number of hydrogen-bond donors (Lipinski definition) is 1. The Morgan fingerprint density at radius 2 is 2.30 bits per heavy atom. The maximum Gasteiger partial charge on any atom is 0.341 e. The van der Waals surface area contributed by atoms with Crippen molar-refractivity contribution < 1.29 is 13.9 Å². The number of nitrogens with zero attached hydrogens (tertiary/aromatic N) is 1. The summed E-state index contributed by atoms with van der Waals surface area (Å²) in [5.74, 6) is 1.05. The van der Waals surface area contributed by atoms with E-state index >= 15 is 0 Å². The van der Waals surface area contributed by atoms with E-state index < -0.39 is 0 Å². The SMILES string of the molecule is CCOC(=O)c1cccnc1NC(C)Cc1ccco1.